The van der Waals surface area contributed by atoms with Crippen molar-refractivity contribution in [2.75, 3.05) is 30.8 Å². The van der Waals surface area contributed by atoms with Crippen LogP contribution in [0.1, 0.15) is 31.4 Å². The van der Waals surface area contributed by atoms with Crippen LogP contribution in [0.15, 0.2) is 42.5 Å². The Balaban J connectivity index is 2.47. The second-order valence-electron chi connectivity index (χ2n) is 8.27. The molecule has 0 aliphatic heterocycles. The van der Waals surface area contributed by atoms with Gasteiger partial charge in [-0.3, -0.25) is 13.9 Å². The molecule has 0 aromatic heterocycles. The van der Waals surface area contributed by atoms with Crippen LogP contribution in [0.3, 0.4) is 0 Å². The van der Waals surface area contributed by atoms with Gasteiger partial charge in [0.1, 0.15) is 18.3 Å². The predicted octanol–water partition coefficient (Wildman–Crippen LogP) is 4.08. The molecule has 8 nitrogen and oxygen atoms in total. The van der Waals surface area contributed by atoms with Gasteiger partial charge in [-0.05, 0) is 49.2 Å². The van der Waals surface area contributed by atoms with E-state index in [0.29, 0.717) is 40.7 Å². The maximum absolute atomic E-state index is 13.5. The molecule has 0 radical (unpaired) electrons. The normalized spacial score (nSPS) is 12.5. The molecule has 2 rings (SSSR count). The van der Waals surface area contributed by atoms with Crippen LogP contribution < -0.4 is 14.4 Å². The average molecular weight is 564 g/mol. The number of ether oxygens (including phenoxy) is 1. The molecule has 1 N–H and O–H groups in total. The summed E-state index contributed by atoms with van der Waals surface area (Å²) in [5, 5.41) is 2.40. The quantitative estimate of drug-likeness (QED) is 0.444. The summed E-state index contributed by atoms with van der Waals surface area (Å²) in [6.45, 7) is 2.75. The Kier molecular flexibility index (Phi) is 10.2. The third kappa shape index (κ3) is 8.26. The molecule has 37 heavy (non-hydrogen) atoms. The lowest BCUT2D eigenvalue weighted by Gasteiger charge is -2.32. The number of rotatable bonds is 11. The first-order valence-electron chi connectivity index (χ1n) is 11.2. The fourth-order valence-corrected chi connectivity index (χ4v) is 4.50. The summed E-state index contributed by atoms with van der Waals surface area (Å²) >= 11 is 6.06. The molecule has 0 bridgehead atoms. The SMILES string of the molecule is CCCNC(=O)C(C)N(Cc1ccc(OC)cc1)C(=O)CN(c1cc(C(F)(F)F)ccc1Cl)S(C)(=O)=O. The Bertz CT molecular complexity index is 1210. The van der Waals surface area contributed by atoms with E-state index >= 15 is 0 Å². The van der Waals surface area contributed by atoms with Gasteiger partial charge in [0.05, 0.1) is 29.6 Å². The van der Waals surface area contributed by atoms with Crippen LogP contribution in [0.4, 0.5) is 18.9 Å². The van der Waals surface area contributed by atoms with Crippen molar-refractivity contribution >= 4 is 39.1 Å². The zero-order chi connectivity index (χ0) is 28.0. The van der Waals surface area contributed by atoms with E-state index in [4.69, 9.17) is 16.3 Å². The molecular weight excluding hydrogens is 535 g/mol. The Morgan fingerprint density at radius 3 is 2.27 bits per heavy atom. The largest absolute Gasteiger partial charge is 0.497 e. The molecule has 1 atom stereocenters. The van der Waals surface area contributed by atoms with E-state index in [-0.39, 0.29) is 11.6 Å². The lowest BCUT2D eigenvalue weighted by molar-refractivity contribution is -0.139. The molecule has 1 unspecified atom stereocenters. The van der Waals surface area contributed by atoms with Crippen molar-refractivity contribution in [2.24, 2.45) is 0 Å². The fourth-order valence-electron chi connectivity index (χ4n) is 3.38. The summed E-state index contributed by atoms with van der Waals surface area (Å²) in [6, 6.07) is 7.85. The number of hydrogen-bond acceptors (Lipinski definition) is 5. The highest BCUT2D eigenvalue weighted by Gasteiger charge is 2.34. The monoisotopic (exact) mass is 563 g/mol. The highest BCUT2D eigenvalue weighted by molar-refractivity contribution is 7.92. The van der Waals surface area contributed by atoms with Crippen molar-refractivity contribution in [1.82, 2.24) is 10.2 Å². The molecule has 0 spiro atoms. The molecule has 0 aliphatic carbocycles. The van der Waals surface area contributed by atoms with Crippen LogP contribution in [0, 0.1) is 0 Å². The Morgan fingerprint density at radius 1 is 1.14 bits per heavy atom. The van der Waals surface area contributed by atoms with Crippen molar-refractivity contribution in [3.8, 4) is 5.75 Å². The van der Waals surface area contributed by atoms with Crippen LogP contribution in [-0.4, -0.2) is 57.6 Å². The number of halogens is 4. The first-order chi connectivity index (χ1) is 17.2. The van der Waals surface area contributed by atoms with E-state index in [2.05, 4.69) is 5.32 Å². The standard InChI is InChI=1S/C24H29ClF3N3O5S/c1-5-12-29-23(33)16(2)30(14-17-6-9-19(36-3)10-7-17)22(32)15-31(37(4,34)35)21-13-18(24(26,27)28)8-11-20(21)25/h6-11,13,16H,5,12,14-15H2,1-4H3,(H,29,33). The number of carbonyl (C=O) groups excluding carboxylic acids is 2. The third-order valence-corrected chi connectivity index (χ3v) is 6.90. The summed E-state index contributed by atoms with van der Waals surface area (Å²) in [5.41, 5.74) is -1.01. The van der Waals surface area contributed by atoms with Crippen LogP contribution >= 0.6 is 11.6 Å². The van der Waals surface area contributed by atoms with Crippen LogP contribution in [0.5, 0.6) is 5.75 Å². The summed E-state index contributed by atoms with van der Waals surface area (Å²) in [5.74, 6) is -0.710. The number of amides is 2. The Morgan fingerprint density at radius 2 is 1.76 bits per heavy atom. The van der Waals surface area contributed by atoms with E-state index in [1.165, 1.54) is 14.0 Å². The molecule has 2 aromatic rings. The number of carbonyl (C=O) groups is 2. The summed E-state index contributed by atoms with van der Waals surface area (Å²) in [4.78, 5) is 27.3. The van der Waals surface area contributed by atoms with Crippen LogP contribution in [-0.2, 0) is 32.3 Å². The van der Waals surface area contributed by atoms with Crippen molar-refractivity contribution in [3.63, 3.8) is 0 Å². The van der Waals surface area contributed by atoms with Gasteiger partial charge < -0.3 is 15.0 Å². The van der Waals surface area contributed by atoms with Crippen molar-refractivity contribution < 1.29 is 35.9 Å². The Labute approximate surface area is 219 Å². The minimum Gasteiger partial charge on any atom is -0.497 e. The highest BCUT2D eigenvalue weighted by Crippen LogP contribution is 2.36. The van der Waals surface area contributed by atoms with Crippen LogP contribution in [0.25, 0.3) is 0 Å². The van der Waals surface area contributed by atoms with Gasteiger partial charge in [0.2, 0.25) is 21.8 Å². The number of sulfonamides is 1. The first kappa shape index (κ1) is 30.2. The average Bonchev–Trinajstić information content (AvgIpc) is 2.83. The molecule has 0 saturated carbocycles. The molecular formula is C24H29ClF3N3O5S. The highest BCUT2D eigenvalue weighted by atomic mass is 35.5. The summed E-state index contributed by atoms with van der Waals surface area (Å²) < 4.78 is 70.7. The smallest absolute Gasteiger partial charge is 0.416 e. The predicted molar refractivity (Wildman–Crippen MR) is 135 cm³/mol. The van der Waals surface area contributed by atoms with E-state index in [1.54, 1.807) is 24.3 Å². The molecule has 204 valence electrons. The molecule has 0 saturated heterocycles. The summed E-state index contributed by atoms with van der Waals surface area (Å²) in [6.07, 6.45) is -3.36. The van der Waals surface area contributed by atoms with Gasteiger partial charge in [0, 0.05) is 13.1 Å². The molecule has 0 aliphatic rings. The second-order valence-corrected chi connectivity index (χ2v) is 10.6. The number of benzene rings is 2. The molecule has 13 heteroatoms. The first-order valence-corrected chi connectivity index (χ1v) is 13.5. The second kappa shape index (κ2) is 12.5. The van der Waals surface area contributed by atoms with Gasteiger partial charge in [0.15, 0.2) is 0 Å². The van der Waals surface area contributed by atoms with Crippen molar-refractivity contribution in [3.05, 3.63) is 58.6 Å². The van der Waals surface area contributed by atoms with Crippen molar-refractivity contribution in [1.29, 1.82) is 0 Å². The van der Waals surface area contributed by atoms with E-state index in [9.17, 15) is 31.2 Å². The fraction of sp³-hybridized carbons (Fsp3) is 0.417. The Hall–Kier alpha value is -2.99. The number of methoxy groups -OCH3 is 1. The maximum atomic E-state index is 13.5. The zero-order valence-electron chi connectivity index (χ0n) is 20.8. The number of nitrogens with zero attached hydrogens (tertiary/aromatic N) is 2. The third-order valence-electron chi connectivity index (χ3n) is 5.45. The number of alkyl halides is 3. The van der Waals surface area contributed by atoms with Gasteiger partial charge in [-0.1, -0.05) is 30.7 Å². The number of hydrogen-bond donors (Lipinski definition) is 1. The lowest BCUT2D eigenvalue weighted by Crippen LogP contribution is -2.51. The maximum Gasteiger partial charge on any atom is 0.416 e. The van der Waals surface area contributed by atoms with E-state index in [1.807, 2.05) is 6.92 Å². The van der Waals surface area contributed by atoms with Gasteiger partial charge in [-0.25, -0.2) is 8.42 Å². The van der Waals surface area contributed by atoms with E-state index < -0.39 is 51.9 Å². The summed E-state index contributed by atoms with van der Waals surface area (Å²) in [7, 11) is -2.77. The molecule has 2 amide bonds. The minimum absolute atomic E-state index is 0.0720. The number of nitrogens with one attached hydrogen (secondary N) is 1. The number of anilines is 1. The van der Waals surface area contributed by atoms with Gasteiger partial charge in [-0.2, -0.15) is 13.2 Å². The molecule has 0 fully saturated rings. The van der Waals surface area contributed by atoms with Gasteiger partial charge >= 0.3 is 6.18 Å². The van der Waals surface area contributed by atoms with Gasteiger partial charge in [-0.15, -0.1) is 0 Å². The molecule has 2 aromatic carbocycles. The van der Waals surface area contributed by atoms with Crippen molar-refractivity contribution in [2.45, 2.75) is 39.0 Å². The van der Waals surface area contributed by atoms with Gasteiger partial charge in [0.25, 0.3) is 0 Å². The zero-order valence-corrected chi connectivity index (χ0v) is 22.4. The lowest BCUT2D eigenvalue weighted by atomic mass is 10.1. The minimum atomic E-state index is -4.77. The van der Waals surface area contributed by atoms with E-state index in [0.717, 1.165) is 17.2 Å². The topological polar surface area (TPSA) is 96.0 Å². The van der Waals surface area contributed by atoms with Crippen LogP contribution in [0.2, 0.25) is 5.02 Å². The molecule has 0 heterocycles.